The van der Waals surface area contributed by atoms with Gasteiger partial charge in [0, 0.05) is 6.61 Å². The van der Waals surface area contributed by atoms with Crippen molar-refractivity contribution in [1.29, 1.82) is 0 Å². The first-order chi connectivity index (χ1) is 5.91. The SMILES string of the molecule is CCCOCCOCCOCN. The van der Waals surface area contributed by atoms with E-state index in [1.807, 2.05) is 0 Å². The molecule has 0 atom stereocenters. The van der Waals surface area contributed by atoms with Crippen molar-refractivity contribution in [2.45, 2.75) is 13.3 Å². The number of ether oxygens (including phenoxy) is 3. The summed E-state index contributed by atoms with van der Waals surface area (Å²) >= 11 is 0. The Hall–Kier alpha value is -0.160. The molecule has 0 saturated carbocycles. The Kier molecular flexibility index (Phi) is 10.7. The molecule has 0 aliphatic heterocycles. The van der Waals surface area contributed by atoms with Crippen LogP contribution in [0.2, 0.25) is 0 Å². The van der Waals surface area contributed by atoms with E-state index in [2.05, 4.69) is 6.92 Å². The topological polar surface area (TPSA) is 53.7 Å². The van der Waals surface area contributed by atoms with E-state index in [1.165, 1.54) is 0 Å². The number of hydrogen-bond donors (Lipinski definition) is 1. The molecule has 0 bridgehead atoms. The van der Waals surface area contributed by atoms with Crippen LogP contribution < -0.4 is 5.73 Å². The molecule has 0 unspecified atom stereocenters. The summed E-state index contributed by atoms with van der Waals surface area (Å²) in [5.74, 6) is 0. The molecule has 0 saturated heterocycles. The molecule has 0 rings (SSSR count). The predicted molar refractivity (Wildman–Crippen MR) is 46.9 cm³/mol. The Balaban J connectivity index is 2.73. The fourth-order valence-corrected chi connectivity index (χ4v) is 0.667. The summed E-state index contributed by atoms with van der Waals surface area (Å²) in [6, 6.07) is 0. The van der Waals surface area contributed by atoms with Gasteiger partial charge in [0.15, 0.2) is 0 Å². The van der Waals surface area contributed by atoms with E-state index in [0.717, 1.165) is 13.0 Å². The van der Waals surface area contributed by atoms with Gasteiger partial charge >= 0.3 is 0 Å². The smallest absolute Gasteiger partial charge is 0.0941 e. The molecule has 12 heavy (non-hydrogen) atoms. The zero-order chi connectivity index (χ0) is 9.07. The monoisotopic (exact) mass is 177 g/mol. The third kappa shape index (κ3) is 9.84. The summed E-state index contributed by atoms with van der Waals surface area (Å²) in [7, 11) is 0. The Morgan fingerprint density at radius 2 is 1.33 bits per heavy atom. The standard InChI is InChI=1S/C8H19NO3/c1-2-3-10-4-5-11-6-7-12-8-9/h2-9H2,1H3. The highest BCUT2D eigenvalue weighted by atomic mass is 16.5. The predicted octanol–water partition coefficient (Wildman–Crippen LogP) is 0.362. The summed E-state index contributed by atoms with van der Waals surface area (Å²) in [6.07, 6.45) is 1.05. The third-order valence-electron chi connectivity index (χ3n) is 1.21. The van der Waals surface area contributed by atoms with Crippen LogP contribution in [-0.4, -0.2) is 39.8 Å². The minimum Gasteiger partial charge on any atom is -0.379 e. The van der Waals surface area contributed by atoms with Crippen molar-refractivity contribution >= 4 is 0 Å². The second-order valence-electron chi connectivity index (χ2n) is 2.30. The maximum absolute atomic E-state index is 5.20. The van der Waals surface area contributed by atoms with E-state index in [9.17, 15) is 0 Å². The van der Waals surface area contributed by atoms with Crippen molar-refractivity contribution in [3.63, 3.8) is 0 Å². The molecule has 0 aliphatic rings. The summed E-state index contributed by atoms with van der Waals surface area (Å²) in [4.78, 5) is 0. The van der Waals surface area contributed by atoms with Crippen LogP contribution in [0.3, 0.4) is 0 Å². The van der Waals surface area contributed by atoms with Gasteiger partial charge in [-0.3, -0.25) is 0 Å². The molecule has 0 aliphatic carbocycles. The summed E-state index contributed by atoms with van der Waals surface area (Å²) in [5.41, 5.74) is 5.11. The molecule has 0 aromatic heterocycles. The van der Waals surface area contributed by atoms with Crippen LogP contribution in [0.4, 0.5) is 0 Å². The Bertz CT molecular complexity index is 70.7. The van der Waals surface area contributed by atoms with Crippen molar-refractivity contribution in [3.8, 4) is 0 Å². The molecule has 0 fully saturated rings. The van der Waals surface area contributed by atoms with E-state index in [0.29, 0.717) is 26.4 Å². The first kappa shape index (κ1) is 11.8. The lowest BCUT2D eigenvalue weighted by Gasteiger charge is -2.04. The molecule has 2 N–H and O–H groups in total. The van der Waals surface area contributed by atoms with E-state index in [-0.39, 0.29) is 6.73 Å². The average molecular weight is 177 g/mol. The van der Waals surface area contributed by atoms with Gasteiger partial charge < -0.3 is 19.9 Å². The van der Waals surface area contributed by atoms with Gasteiger partial charge in [-0.15, -0.1) is 0 Å². The van der Waals surface area contributed by atoms with E-state index in [4.69, 9.17) is 19.9 Å². The second-order valence-corrected chi connectivity index (χ2v) is 2.30. The first-order valence-corrected chi connectivity index (χ1v) is 4.35. The van der Waals surface area contributed by atoms with Crippen LogP contribution in [0.5, 0.6) is 0 Å². The van der Waals surface area contributed by atoms with Crippen LogP contribution in [0.1, 0.15) is 13.3 Å². The minimum atomic E-state index is 0.260. The zero-order valence-electron chi connectivity index (χ0n) is 7.75. The number of nitrogens with two attached hydrogens (primary N) is 1. The van der Waals surface area contributed by atoms with Crippen LogP contribution in [-0.2, 0) is 14.2 Å². The van der Waals surface area contributed by atoms with Crippen molar-refractivity contribution in [3.05, 3.63) is 0 Å². The lowest BCUT2D eigenvalue weighted by Crippen LogP contribution is -2.12. The van der Waals surface area contributed by atoms with Gasteiger partial charge in [0.1, 0.15) is 0 Å². The fourth-order valence-electron chi connectivity index (χ4n) is 0.667. The summed E-state index contributed by atoms with van der Waals surface area (Å²) in [6.45, 7) is 5.59. The maximum Gasteiger partial charge on any atom is 0.0941 e. The van der Waals surface area contributed by atoms with Gasteiger partial charge in [0.2, 0.25) is 0 Å². The highest BCUT2D eigenvalue weighted by Crippen LogP contribution is 1.82. The zero-order valence-corrected chi connectivity index (χ0v) is 7.75. The third-order valence-corrected chi connectivity index (χ3v) is 1.21. The highest BCUT2D eigenvalue weighted by Gasteiger charge is 1.88. The molecule has 0 radical (unpaired) electrons. The lowest BCUT2D eigenvalue weighted by atomic mass is 10.5. The molecular formula is C8H19NO3. The number of rotatable bonds is 9. The van der Waals surface area contributed by atoms with E-state index in [1.54, 1.807) is 0 Å². The minimum absolute atomic E-state index is 0.260. The maximum atomic E-state index is 5.20. The fraction of sp³-hybridized carbons (Fsp3) is 1.00. The van der Waals surface area contributed by atoms with Crippen molar-refractivity contribution in [2.75, 3.05) is 39.8 Å². The van der Waals surface area contributed by atoms with Crippen LogP contribution >= 0.6 is 0 Å². The van der Waals surface area contributed by atoms with Gasteiger partial charge in [-0.05, 0) is 6.42 Å². The molecule has 4 nitrogen and oxygen atoms in total. The molecule has 0 aromatic rings. The lowest BCUT2D eigenvalue weighted by molar-refractivity contribution is 0.0158. The van der Waals surface area contributed by atoms with Crippen molar-refractivity contribution in [1.82, 2.24) is 0 Å². The summed E-state index contributed by atoms with van der Waals surface area (Å²) < 4.78 is 15.2. The Morgan fingerprint density at radius 3 is 1.83 bits per heavy atom. The first-order valence-electron chi connectivity index (χ1n) is 4.35. The molecular weight excluding hydrogens is 158 g/mol. The average Bonchev–Trinajstić information content (AvgIpc) is 2.10. The van der Waals surface area contributed by atoms with Gasteiger partial charge in [0.25, 0.3) is 0 Å². The van der Waals surface area contributed by atoms with Gasteiger partial charge in [-0.25, -0.2) is 0 Å². The van der Waals surface area contributed by atoms with Gasteiger partial charge in [0.05, 0.1) is 33.2 Å². The van der Waals surface area contributed by atoms with Crippen LogP contribution in [0.25, 0.3) is 0 Å². The number of hydrogen-bond acceptors (Lipinski definition) is 4. The van der Waals surface area contributed by atoms with Gasteiger partial charge in [-0.2, -0.15) is 0 Å². The van der Waals surface area contributed by atoms with E-state index < -0.39 is 0 Å². The normalized spacial score (nSPS) is 10.5. The summed E-state index contributed by atoms with van der Waals surface area (Å²) in [5, 5.41) is 0. The molecule has 74 valence electrons. The molecule has 0 aromatic carbocycles. The van der Waals surface area contributed by atoms with E-state index >= 15 is 0 Å². The molecule has 0 amide bonds. The largest absolute Gasteiger partial charge is 0.379 e. The highest BCUT2D eigenvalue weighted by molar-refractivity contribution is 4.32. The molecule has 0 heterocycles. The Labute approximate surface area is 74.0 Å². The van der Waals surface area contributed by atoms with Crippen LogP contribution in [0.15, 0.2) is 0 Å². The van der Waals surface area contributed by atoms with Gasteiger partial charge in [-0.1, -0.05) is 6.92 Å². The van der Waals surface area contributed by atoms with Crippen molar-refractivity contribution < 1.29 is 14.2 Å². The molecule has 0 spiro atoms. The quantitative estimate of drug-likeness (QED) is 0.408. The van der Waals surface area contributed by atoms with Crippen LogP contribution in [0, 0.1) is 0 Å². The van der Waals surface area contributed by atoms with Crippen molar-refractivity contribution in [2.24, 2.45) is 5.73 Å². The second kappa shape index (κ2) is 10.8. The Morgan fingerprint density at radius 1 is 0.833 bits per heavy atom. The molecule has 4 heteroatoms.